The molecule has 0 saturated heterocycles. The van der Waals surface area contributed by atoms with Crippen molar-refractivity contribution < 1.29 is 28.9 Å². The van der Waals surface area contributed by atoms with Gasteiger partial charge in [-0.3, -0.25) is 9.59 Å². The summed E-state index contributed by atoms with van der Waals surface area (Å²) >= 11 is 2.67. The second-order valence-corrected chi connectivity index (χ2v) is 7.57. The standard InChI is InChI=1S/C18H18O6S2/c1-22-6-7-23-11-2-3-13-12(10-11)16(20)15(18-25-8-9-26-18)17(21)14(24-13)4-5-19/h2-3,8-10,14,19H,4-7H2,1H3. The minimum atomic E-state index is -0.894. The number of fused-ring (bicyclic) bond motifs is 1. The van der Waals surface area contributed by atoms with Gasteiger partial charge >= 0.3 is 0 Å². The zero-order valence-corrected chi connectivity index (χ0v) is 15.7. The molecule has 0 fully saturated rings. The highest BCUT2D eigenvalue weighted by atomic mass is 32.2. The Hall–Kier alpha value is -1.74. The predicted molar refractivity (Wildman–Crippen MR) is 101 cm³/mol. The molecule has 0 radical (unpaired) electrons. The van der Waals surface area contributed by atoms with Crippen molar-refractivity contribution in [3.63, 3.8) is 0 Å². The molecule has 1 aromatic carbocycles. The van der Waals surface area contributed by atoms with Gasteiger partial charge in [0.05, 0.1) is 22.0 Å². The van der Waals surface area contributed by atoms with E-state index in [0.29, 0.717) is 28.9 Å². The van der Waals surface area contributed by atoms with Gasteiger partial charge in [-0.2, -0.15) is 0 Å². The number of thioether (sulfide) groups is 2. The Morgan fingerprint density at radius 1 is 1.19 bits per heavy atom. The van der Waals surface area contributed by atoms with Crippen LogP contribution in [0, 0.1) is 0 Å². The van der Waals surface area contributed by atoms with E-state index in [0.717, 1.165) is 0 Å². The van der Waals surface area contributed by atoms with Gasteiger partial charge in [0, 0.05) is 20.1 Å². The second-order valence-electron chi connectivity index (χ2n) is 5.48. The van der Waals surface area contributed by atoms with E-state index in [1.165, 1.54) is 23.5 Å². The summed E-state index contributed by atoms with van der Waals surface area (Å²) in [6.45, 7) is 0.562. The van der Waals surface area contributed by atoms with Gasteiger partial charge in [0.1, 0.15) is 18.1 Å². The number of aliphatic hydroxyl groups excluding tert-OH is 1. The average molecular weight is 394 g/mol. The highest BCUT2D eigenvalue weighted by Crippen LogP contribution is 2.43. The SMILES string of the molecule is COCCOc1ccc2c(c1)C(=O)C(=C1SC=CS1)C(=O)C(CCO)O2. The molecule has 1 N–H and O–H groups in total. The fourth-order valence-electron chi connectivity index (χ4n) is 2.56. The highest BCUT2D eigenvalue weighted by molar-refractivity contribution is 8.27. The van der Waals surface area contributed by atoms with Crippen LogP contribution in [-0.2, 0) is 9.53 Å². The Kier molecular flexibility index (Phi) is 6.42. The maximum atomic E-state index is 13.1. The summed E-state index contributed by atoms with van der Waals surface area (Å²) in [6.07, 6.45) is -0.772. The minimum Gasteiger partial charge on any atom is -0.491 e. The summed E-state index contributed by atoms with van der Waals surface area (Å²) in [5.74, 6) is 0.0274. The van der Waals surface area contributed by atoms with E-state index in [4.69, 9.17) is 14.2 Å². The topological polar surface area (TPSA) is 82.1 Å². The van der Waals surface area contributed by atoms with Crippen LogP contribution >= 0.6 is 23.5 Å². The first-order valence-electron chi connectivity index (χ1n) is 8.00. The molecule has 1 aromatic rings. The molecule has 0 spiro atoms. The molecule has 3 rings (SSSR count). The van der Waals surface area contributed by atoms with Gasteiger partial charge in [-0.25, -0.2) is 0 Å². The number of Topliss-reactive ketones (excluding diaryl/α,β-unsaturated/α-hetero) is 2. The van der Waals surface area contributed by atoms with Gasteiger partial charge in [0.2, 0.25) is 11.6 Å². The van der Waals surface area contributed by atoms with Gasteiger partial charge in [-0.05, 0) is 29.0 Å². The average Bonchev–Trinajstić information content (AvgIpc) is 3.13. The third-order valence-electron chi connectivity index (χ3n) is 3.79. The molecular weight excluding hydrogens is 376 g/mol. The molecule has 0 bridgehead atoms. The van der Waals surface area contributed by atoms with Crippen molar-refractivity contribution in [1.29, 1.82) is 0 Å². The molecule has 0 aromatic heterocycles. The highest BCUT2D eigenvalue weighted by Gasteiger charge is 2.37. The van der Waals surface area contributed by atoms with Crippen molar-refractivity contribution in [2.45, 2.75) is 12.5 Å². The predicted octanol–water partition coefficient (Wildman–Crippen LogP) is 2.77. The quantitative estimate of drug-likeness (QED) is 0.448. The molecule has 0 amide bonds. The molecular formula is C18H18O6S2. The molecule has 8 heteroatoms. The van der Waals surface area contributed by atoms with Crippen molar-refractivity contribution in [1.82, 2.24) is 0 Å². The lowest BCUT2D eigenvalue weighted by Crippen LogP contribution is -2.30. The molecule has 0 saturated carbocycles. The summed E-state index contributed by atoms with van der Waals surface area (Å²) in [5.41, 5.74) is 0.389. The van der Waals surface area contributed by atoms with Crippen LogP contribution in [-0.4, -0.2) is 49.7 Å². The summed E-state index contributed by atoms with van der Waals surface area (Å²) < 4.78 is 16.9. The van der Waals surface area contributed by atoms with Crippen molar-refractivity contribution in [3.8, 4) is 11.5 Å². The molecule has 1 atom stereocenters. The summed E-state index contributed by atoms with van der Waals surface area (Å²) in [6, 6.07) is 4.88. The van der Waals surface area contributed by atoms with Crippen LogP contribution in [0.15, 0.2) is 38.8 Å². The van der Waals surface area contributed by atoms with Gasteiger partial charge in [0.15, 0.2) is 6.10 Å². The fourth-order valence-corrected chi connectivity index (χ4v) is 4.43. The number of carbonyl (C=O) groups excluding carboxylic acids is 2. The number of rotatable bonds is 6. The van der Waals surface area contributed by atoms with E-state index in [1.54, 1.807) is 25.3 Å². The number of methoxy groups -OCH3 is 1. The first-order chi connectivity index (χ1) is 12.7. The normalized spacial score (nSPS) is 19.4. The Morgan fingerprint density at radius 3 is 2.65 bits per heavy atom. The number of benzene rings is 1. The first-order valence-corrected chi connectivity index (χ1v) is 9.76. The van der Waals surface area contributed by atoms with Crippen LogP contribution in [0.1, 0.15) is 16.8 Å². The van der Waals surface area contributed by atoms with E-state index in [2.05, 4.69) is 0 Å². The maximum Gasteiger partial charge on any atom is 0.209 e. The zero-order valence-electron chi connectivity index (χ0n) is 14.1. The van der Waals surface area contributed by atoms with E-state index in [1.807, 2.05) is 10.8 Å². The van der Waals surface area contributed by atoms with E-state index >= 15 is 0 Å². The molecule has 138 valence electrons. The van der Waals surface area contributed by atoms with Crippen molar-refractivity contribution in [2.24, 2.45) is 0 Å². The monoisotopic (exact) mass is 394 g/mol. The molecule has 26 heavy (non-hydrogen) atoms. The van der Waals surface area contributed by atoms with Crippen LogP contribution in [0.2, 0.25) is 0 Å². The molecule has 2 aliphatic rings. The lowest BCUT2D eigenvalue weighted by Gasteiger charge is -2.15. The van der Waals surface area contributed by atoms with Gasteiger partial charge in [0.25, 0.3) is 0 Å². The Morgan fingerprint density at radius 2 is 1.96 bits per heavy atom. The van der Waals surface area contributed by atoms with Crippen LogP contribution in [0.4, 0.5) is 0 Å². The van der Waals surface area contributed by atoms with Crippen LogP contribution in [0.3, 0.4) is 0 Å². The fraction of sp³-hybridized carbons (Fsp3) is 0.333. The third-order valence-corrected chi connectivity index (χ3v) is 5.92. The van der Waals surface area contributed by atoms with Crippen LogP contribution in [0.25, 0.3) is 0 Å². The second kappa shape index (κ2) is 8.77. The number of hydrogen-bond donors (Lipinski definition) is 1. The molecule has 6 nitrogen and oxygen atoms in total. The summed E-state index contributed by atoms with van der Waals surface area (Å²) in [4.78, 5) is 26.0. The van der Waals surface area contributed by atoms with Crippen LogP contribution in [0.5, 0.6) is 11.5 Å². The summed E-state index contributed by atoms with van der Waals surface area (Å²) in [5, 5.41) is 12.9. The Bertz CT molecular complexity index is 761. The Balaban J connectivity index is 2.00. The molecule has 1 unspecified atom stereocenters. The van der Waals surface area contributed by atoms with Crippen molar-refractivity contribution in [3.05, 3.63) is 44.4 Å². The third kappa shape index (κ3) is 3.98. The van der Waals surface area contributed by atoms with Crippen molar-refractivity contribution in [2.75, 3.05) is 26.9 Å². The van der Waals surface area contributed by atoms with Gasteiger partial charge in [-0.1, -0.05) is 23.5 Å². The number of ketones is 2. The molecule has 2 aliphatic heterocycles. The Labute approximate surface area is 159 Å². The number of ether oxygens (including phenoxy) is 3. The minimum absolute atomic E-state index is 0.108. The van der Waals surface area contributed by atoms with E-state index in [9.17, 15) is 14.7 Å². The van der Waals surface area contributed by atoms with Crippen LogP contribution < -0.4 is 9.47 Å². The van der Waals surface area contributed by atoms with E-state index < -0.39 is 11.9 Å². The lowest BCUT2D eigenvalue weighted by molar-refractivity contribution is -0.122. The summed E-state index contributed by atoms with van der Waals surface area (Å²) in [7, 11) is 1.58. The number of hydrogen-bond acceptors (Lipinski definition) is 8. The van der Waals surface area contributed by atoms with Gasteiger partial charge in [-0.15, -0.1) is 0 Å². The smallest absolute Gasteiger partial charge is 0.209 e. The first kappa shape index (κ1) is 19.0. The largest absolute Gasteiger partial charge is 0.491 e. The zero-order chi connectivity index (χ0) is 18.5. The molecule has 2 heterocycles. The van der Waals surface area contributed by atoms with Gasteiger partial charge < -0.3 is 19.3 Å². The lowest BCUT2D eigenvalue weighted by atomic mass is 9.98. The molecule has 0 aliphatic carbocycles. The number of carbonyl (C=O) groups is 2. The van der Waals surface area contributed by atoms with E-state index in [-0.39, 0.29) is 29.9 Å². The maximum absolute atomic E-state index is 13.1. The number of aliphatic hydroxyl groups is 1. The van der Waals surface area contributed by atoms with Crippen molar-refractivity contribution >= 4 is 35.1 Å².